The lowest BCUT2D eigenvalue weighted by molar-refractivity contribution is -0.115. The van der Waals surface area contributed by atoms with E-state index in [1.807, 2.05) is 4.90 Å². The number of amides is 2. The van der Waals surface area contributed by atoms with Gasteiger partial charge in [-0.15, -0.1) is 0 Å². The van der Waals surface area contributed by atoms with Crippen molar-refractivity contribution >= 4 is 23.5 Å². The molecule has 2 amide bonds. The number of rotatable bonds is 4. The largest absolute Gasteiger partial charge is 0.368 e. The van der Waals surface area contributed by atoms with E-state index in [1.54, 1.807) is 55.8 Å². The molecule has 1 fully saturated rings. The van der Waals surface area contributed by atoms with Crippen LogP contribution in [0.1, 0.15) is 36.5 Å². The Balaban J connectivity index is 0.000000184. The van der Waals surface area contributed by atoms with Crippen LogP contribution in [0.4, 0.5) is 11.6 Å². The maximum Gasteiger partial charge on any atom is 0.253 e. The number of nitrogens with zero attached hydrogens (tertiary/aromatic N) is 4. The van der Waals surface area contributed by atoms with Crippen molar-refractivity contribution in [3.63, 3.8) is 0 Å². The molecule has 3 aromatic rings. The second kappa shape index (κ2) is 10.1. The predicted octanol–water partition coefficient (Wildman–Crippen LogP) is 2.72. The number of carbonyl (C=O) groups excluding carboxylic acids is 2. The molecular formula is C21H25N7O2. The fourth-order valence-corrected chi connectivity index (χ4v) is 2.97. The average molecular weight is 407 g/mol. The molecule has 4 rings (SSSR count). The summed E-state index contributed by atoms with van der Waals surface area (Å²) in [6.45, 7) is 3.51. The number of aromatic nitrogens is 4. The summed E-state index contributed by atoms with van der Waals surface area (Å²) in [5.74, 6) is 0.336. The third-order valence-corrected chi connectivity index (χ3v) is 4.60. The average Bonchev–Trinajstić information content (AvgIpc) is 3.48. The van der Waals surface area contributed by atoms with E-state index in [2.05, 4.69) is 25.5 Å². The first kappa shape index (κ1) is 21.0. The van der Waals surface area contributed by atoms with Gasteiger partial charge in [0.2, 0.25) is 11.9 Å². The molecule has 3 heterocycles. The number of nitrogen functional groups attached to an aromatic ring is 1. The van der Waals surface area contributed by atoms with Crippen LogP contribution in [0.25, 0.3) is 11.3 Å². The molecule has 1 aliphatic heterocycles. The molecule has 156 valence electrons. The van der Waals surface area contributed by atoms with Gasteiger partial charge in [-0.05, 0) is 43.2 Å². The van der Waals surface area contributed by atoms with Crippen LogP contribution < -0.4 is 11.1 Å². The van der Waals surface area contributed by atoms with Crippen LogP contribution in [0, 0.1) is 0 Å². The van der Waals surface area contributed by atoms with E-state index < -0.39 is 0 Å². The molecular weight excluding hydrogens is 382 g/mol. The first-order chi connectivity index (χ1) is 14.6. The summed E-state index contributed by atoms with van der Waals surface area (Å²) < 4.78 is 0. The maximum atomic E-state index is 12.1. The second-order valence-electron chi connectivity index (χ2n) is 6.77. The van der Waals surface area contributed by atoms with Crippen molar-refractivity contribution in [3.05, 3.63) is 54.5 Å². The summed E-state index contributed by atoms with van der Waals surface area (Å²) in [4.78, 5) is 33.0. The fourth-order valence-electron chi connectivity index (χ4n) is 2.97. The van der Waals surface area contributed by atoms with E-state index >= 15 is 0 Å². The van der Waals surface area contributed by atoms with E-state index in [1.165, 1.54) is 0 Å². The van der Waals surface area contributed by atoms with Crippen molar-refractivity contribution in [2.75, 3.05) is 24.1 Å². The number of nitrogens with two attached hydrogens (primary N) is 1. The molecule has 1 aromatic carbocycles. The Hall–Kier alpha value is -3.75. The van der Waals surface area contributed by atoms with Gasteiger partial charge in [-0.25, -0.2) is 9.97 Å². The minimum Gasteiger partial charge on any atom is -0.368 e. The molecule has 1 saturated heterocycles. The van der Waals surface area contributed by atoms with Gasteiger partial charge in [0.1, 0.15) is 0 Å². The second-order valence-corrected chi connectivity index (χ2v) is 6.77. The van der Waals surface area contributed by atoms with E-state index in [9.17, 15) is 9.59 Å². The number of benzene rings is 1. The number of H-pyrrole nitrogens is 1. The third kappa shape index (κ3) is 5.63. The Morgan fingerprint density at radius 3 is 2.50 bits per heavy atom. The first-order valence-corrected chi connectivity index (χ1v) is 9.83. The lowest BCUT2D eigenvalue weighted by atomic mass is 10.2. The minimum atomic E-state index is -0.0198. The SMILES string of the molecule is CCC(=O)Nc1ccc(C(=O)N2CCCC2)cc1.Nc1nccc(-c2cn[nH]c2)n1. The first-order valence-electron chi connectivity index (χ1n) is 9.83. The summed E-state index contributed by atoms with van der Waals surface area (Å²) in [6.07, 6.45) is 7.69. The van der Waals surface area contributed by atoms with E-state index in [4.69, 9.17) is 5.73 Å². The zero-order valence-electron chi connectivity index (χ0n) is 16.8. The Morgan fingerprint density at radius 1 is 1.17 bits per heavy atom. The normalized spacial score (nSPS) is 12.8. The number of hydrogen-bond donors (Lipinski definition) is 3. The molecule has 0 saturated carbocycles. The van der Waals surface area contributed by atoms with Crippen molar-refractivity contribution in [2.45, 2.75) is 26.2 Å². The molecule has 4 N–H and O–H groups in total. The fraction of sp³-hybridized carbons (Fsp3) is 0.286. The molecule has 0 radical (unpaired) electrons. The molecule has 30 heavy (non-hydrogen) atoms. The minimum absolute atomic E-state index is 0.0198. The zero-order valence-corrected chi connectivity index (χ0v) is 16.8. The summed E-state index contributed by atoms with van der Waals surface area (Å²) in [5, 5.41) is 9.26. The van der Waals surface area contributed by atoms with Gasteiger partial charge < -0.3 is 16.0 Å². The van der Waals surface area contributed by atoms with Crippen LogP contribution in [0.3, 0.4) is 0 Å². The molecule has 9 nitrogen and oxygen atoms in total. The van der Waals surface area contributed by atoms with Gasteiger partial charge in [0, 0.05) is 48.7 Å². The highest BCUT2D eigenvalue weighted by Crippen LogP contribution is 2.16. The maximum absolute atomic E-state index is 12.1. The summed E-state index contributed by atoms with van der Waals surface area (Å²) in [5.41, 5.74) is 8.52. The van der Waals surface area contributed by atoms with Gasteiger partial charge in [0.25, 0.3) is 5.91 Å². The summed E-state index contributed by atoms with van der Waals surface area (Å²) >= 11 is 0. The number of hydrogen-bond acceptors (Lipinski definition) is 6. The van der Waals surface area contributed by atoms with Crippen LogP contribution >= 0.6 is 0 Å². The van der Waals surface area contributed by atoms with Gasteiger partial charge in [-0.2, -0.15) is 5.10 Å². The quantitative estimate of drug-likeness (QED) is 0.610. The standard InChI is InChI=1S/C14H18N2O2.C7H7N5/c1-2-13(17)15-12-7-5-11(6-8-12)14(18)16-9-3-4-10-16;8-7-9-2-1-6(12-7)5-3-10-11-4-5/h5-8H,2-4,9-10H2,1H3,(H,15,17);1-4H,(H,10,11)(H2,8,9,12). The van der Waals surface area contributed by atoms with Gasteiger partial charge in [-0.1, -0.05) is 6.92 Å². The van der Waals surface area contributed by atoms with Crippen molar-refractivity contribution in [3.8, 4) is 11.3 Å². The van der Waals surface area contributed by atoms with E-state index in [0.29, 0.717) is 12.0 Å². The van der Waals surface area contributed by atoms with Gasteiger partial charge in [0.15, 0.2) is 0 Å². The predicted molar refractivity (Wildman–Crippen MR) is 115 cm³/mol. The van der Waals surface area contributed by atoms with Crippen molar-refractivity contribution in [1.82, 2.24) is 25.1 Å². The van der Waals surface area contributed by atoms with Crippen LogP contribution in [0.5, 0.6) is 0 Å². The number of carbonyl (C=O) groups is 2. The lowest BCUT2D eigenvalue weighted by Crippen LogP contribution is -2.27. The Labute approximate surface area is 174 Å². The molecule has 0 unspecified atom stereocenters. The molecule has 1 aliphatic rings. The summed E-state index contributed by atoms with van der Waals surface area (Å²) in [6, 6.07) is 8.87. The van der Waals surface area contributed by atoms with E-state index in [0.717, 1.165) is 42.9 Å². The lowest BCUT2D eigenvalue weighted by Gasteiger charge is -2.15. The number of likely N-dealkylation sites (tertiary alicyclic amines) is 1. The highest BCUT2D eigenvalue weighted by atomic mass is 16.2. The van der Waals surface area contributed by atoms with Gasteiger partial charge in [-0.3, -0.25) is 14.7 Å². The van der Waals surface area contributed by atoms with Crippen LogP contribution in [0.2, 0.25) is 0 Å². The molecule has 0 bridgehead atoms. The Morgan fingerprint density at radius 2 is 1.90 bits per heavy atom. The van der Waals surface area contributed by atoms with Crippen LogP contribution in [-0.4, -0.2) is 50.0 Å². The summed E-state index contributed by atoms with van der Waals surface area (Å²) in [7, 11) is 0. The Bertz CT molecular complexity index is 965. The van der Waals surface area contributed by atoms with Gasteiger partial charge in [0.05, 0.1) is 11.9 Å². The van der Waals surface area contributed by atoms with E-state index in [-0.39, 0.29) is 17.8 Å². The zero-order chi connectivity index (χ0) is 21.3. The number of aromatic amines is 1. The van der Waals surface area contributed by atoms with Crippen LogP contribution in [-0.2, 0) is 4.79 Å². The number of nitrogens with one attached hydrogen (secondary N) is 2. The topological polar surface area (TPSA) is 130 Å². The molecule has 2 aromatic heterocycles. The van der Waals surface area contributed by atoms with Gasteiger partial charge >= 0.3 is 0 Å². The molecule has 0 spiro atoms. The smallest absolute Gasteiger partial charge is 0.253 e. The van der Waals surface area contributed by atoms with Crippen molar-refractivity contribution in [1.29, 1.82) is 0 Å². The molecule has 0 aliphatic carbocycles. The molecule has 9 heteroatoms. The van der Waals surface area contributed by atoms with Crippen molar-refractivity contribution in [2.24, 2.45) is 0 Å². The molecule has 0 atom stereocenters. The highest BCUT2D eigenvalue weighted by Gasteiger charge is 2.19. The monoisotopic (exact) mass is 407 g/mol. The van der Waals surface area contributed by atoms with Crippen molar-refractivity contribution < 1.29 is 9.59 Å². The number of anilines is 2. The third-order valence-electron chi connectivity index (χ3n) is 4.60. The highest BCUT2D eigenvalue weighted by molar-refractivity contribution is 5.95. The Kier molecular flexibility index (Phi) is 7.09. The van der Waals surface area contributed by atoms with Crippen LogP contribution in [0.15, 0.2) is 48.9 Å².